The lowest BCUT2D eigenvalue weighted by Crippen LogP contribution is -2.07. The molecule has 0 aliphatic rings. The van der Waals surface area contributed by atoms with Crippen molar-refractivity contribution in [3.63, 3.8) is 0 Å². The number of hydrogen-bond donors (Lipinski definition) is 3. The van der Waals surface area contributed by atoms with Gasteiger partial charge in [0.2, 0.25) is 0 Å². The number of phenolic OH excluding ortho intramolecular Hbond substituents is 1. The Morgan fingerprint density at radius 3 is 2.56 bits per heavy atom. The first-order valence-corrected chi connectivity index (χ1v) is 5.79. The fourth-order valence-corrected chi connectivity index (χ4v) is 1.57. The molecule has 1 heterocycles. The van der Waals surface area contributed by atoms with Gasteiger partial charge in [-0.1, -0.05) is 12.1 Å². The summed E-state index contributed by atoms with van der Waals surface area (Å²) in [6.45, 7) is 0.770. The standard InChI is InChI=1S/C13H16N4O/c1-14-12-8-15-9-13(17-12)16-7-6-10-2-4-11(18)5-3-10/h2-5,8-9,18H,6-7H2,1H3,(H2,14,16,17). The summed E-state index contributed by atoms with van der Waals surface area (Å²) in [5.74, 6) is 1.78. The van der Waals surface area contributed by atoms with E-state index in [4.69, 9.17) is 0 Å². The van der Waals surface area contributed by atoms with E-state index in [0.717, 1.165) is 30.2 Å². The molecular weight excluding hydrogens is 228 g/mol. The zero-order chi connectivity index (χ0) is 12.8. The lowest BCUT2D eigenvalue weighted by molar-refractivity contribution is 0.475. The summed E-state index contributed by atoms with van der Waals surface area (Å²) in [6, 6.07) is 7.20. The molecule has 94 valence electrons. The van der Waals surface area contributed by atoms with E-state index >= 15 is 0 Å². The van der Waals surface area contributed by atoms with Crippen molar-refractivity contribution in [2.45, 2.75) is 6.42 Å². The molecule has 18 heavy (non-hydrogen) atoms. The Morgan fingerprint density at radius 1 is 1.11 bits per heavy atom. The third kappa shape index (κ3) is 3.35. The molecule has 1 aromatic heterocycles. The largest absolute Gasteiger partial charge is 0.508 e. The van der Waals surface area contributed by atoms with E-state index in [-0.39, 0.29) is 0 Å². The maximum atomic E-state index is 9.18. The average molecular weight is 244 g/mol. The SMILES string of the molecule is CNc1cncc(NCCc2ccc(O)cc2)n1. The van der Waals surface area contributed by atoms with Gasteiger partial charge in [0.15, 0.2) is 0 Å². The minimum Gasteiger partial charge on any atom is -0.508 e. The number of nitrogens with zero attached hydrogens (tertiary/aromatic N) is 2. The molecule has 0 radical (unpaired) electrons. The second-order valence-electron chi connectivity index (χ2n) is 3.88. The van der Waals surface area contributed by atoms with Crippen LogP contribution < -0.4 is 10.6 Å². The molecule has 0 aliphatic heterocycles. The van der Waals surface area contributed by atoms with Gasteiger partial charge in [-0.2, -0.15) is 0 Å². The van der Waals surface area contributed by atoms with Gasteiger partial charge in [-0.25, -0.2) is 4.98 Å². The molecule has 0 unspecified atom stereocenters. The van der Waals surface area contributed by atoms with Crippen molar-refractivity contribution in [2.24, 2.45) is 0 Å². The Morgan fingerprint density at radius 2 is 1.83 bits per heavy atom. The van der Waals surface area contributed by atoms with Crippen molar-refractivity contribution in [1.82, 2.24) is 9.97 Å². The predicted molar refractivity (Wildman–Crippen MR) is 71.9 cm³/mol. The van der Waals surface area contributed by atoms with E-state index < -0.39 is 0 Å². The minimum absolute atomic E-state index is 0.291. The summed E-state index contributed by atoms with van der Waals surface area (Å²) in [6.07, 6.45) is 4.23. The highest BCUT2D eigenvalue weighted by atomic mass is 16.3. The van der Waals surface area contributed by atoms with E-state index in [1.165, 1.54) is 0 Å². The van der Waals surface area contributed by atoms with Gasteiger partial charge in [0, 0.05) is 13.6 Å². The number of hydrogen-bond acceptors (Lipinski definition) is 5. The Kier molecular flexibility index (Phi) is 3.96. The first-order chi connectivity index (χ1) is 8.78. The number of phenols is 1. The minimum atomic E-state index is 0.291. The van der Waals surface area contributed by atoms with Crippen LogP contribution in [0.2, 0.25) is 0 Å². The first-order valence-electron chi connectivity index (χ1n) is 5.79. The van der Waals surface area contributed by atoms with Crippen LogP contribution in [-0.4, -0.2) is 28.7 Å². The number of rotatable bonds is 5. The van der Waals surface area contributed by atoms with Crippen molar-refractivity contribution in [2.75, 3.05) is 24.2 Å². The fourth-order valence-electron chi connectivity index (χ4n) is 1.57. The highest BCUT2D eigenvalue weighted by Crippen LogP contribution is 2.10. The monoisotopic (exact) mass is 244 g/mol. The second-order valence-corrected chi connectivity index (χ2v) is 3.88. The van der Waals surface area contributed by atoms with Gasteiger partial charge in [-0.05, 0) is 24.1 Å². The molecule has 5 heteroatoms. The number of benzene rings is 1. The van der Waals surface area contributed by atoms with Crippen molar-refractivity contribution >= 4 is 11.6 Å². The van der Waals surface area contributed by atoms with Crippen LogP contribution in [0.25, 0.3) is 0 Å². The van der Waals surface area contributed by atoms with E-state index in [1.54, 1.807) is 24.5 Å². The average Bonchev–Trinajstić information content (AvgIpc) is 2.41. The fraction of sp³-hybridized carbons (Fsp3) is 0.231. The summed E-state index contributed by atoms with van der Waals surface area (Å²) >= 11 is 0. The maximum absolute atomic E-state index is 9.18. The van der Waals surface area contributed by atoms with Crippen LogP contribution in [0.15, 0.2) is 36.7 Å². The van der Waals surface area contributed by atoms with Gasteiger partial charge in [0.1, 0.15) is 17.4 Å². The number of aromatic nitrogens is 2. The van der Waals surface area contributed by atoms with Crippen molar-refractivity contribution in [1.29, 1.82) is 0 Å². The van der Waals surface area contributed by atoms with Crippen molar-refractivity contribution in [3.05, 3.63) is 42.2 Å². The number of anilines is 2. The van der Waals surface area contributed by atoms with Crippen molar-refractivity contribution < 1.29 is 5.11 Å². The van der Waals surface area contributed by atoms with Crippen LogP contribution in [0.1, 0.15) is 5.56 Å². The molecule has 0 saturated carbocycles. The molecule has 3 N–H and O–H groups in total. The molecule has 1 aromatic carbocycles. The Balaban J connectivity index is 1.86. The van der Waals surface area contributed by atoms with Crippen LogP contribution in [0.5, 0.6) is 5.75 Å². The molecule has 5 nitrogen and oxygen atoms in total. The van der Waals surface area contributed by atoms with Gasteiger partial charge in [0.25, 0.3) is 0 Å². The summed E-state index contributed by atoms with van der Waals surface area (Å²) < 4.78 is 0. The van der Waals surface area contributed by atoms with Crippen LogP contribution in [0.3, 0.4) is 0 Å². The lowest BCUT2D eigenvalue weighted by Gasteiger charge is -2.06. The second kappa shape index (κ2) is 5.86. The highest BCUT2D eigenvalue weighted by Gasteiger charge is 1.97. The molecule has 0 amide bonds. The molecule has 0 saturated heterocycles. The highest BCUT2D eigenvalue weighted by molar-refractivity contribution is 5.41. The van der Waals surface area contributed by atoms with Crippen molar-refractivity contribution in [3.8, 4) is 5.75 Å². The predicted octanol–water partition coefficient (Wildman–Crippen LogP) is 1.88. The zero-order valence-corrected chi connectivity index (χ0v) is 10.2. The molecule has 2 aromatic rings. The summed E-state index contributed by atoms with van der Waals surface area (Å²) in [5, 5.41) is 15.3. The molecule has 0 spiro atoms. The van der Waals surface area contributed by atoms with E-state index in [9.17, 15) is 5.11 Å². The molecule has 2 rings (SSSR count). The van der Waals surface area contributed by atoms with Crippen LogP contribution in [-0.2, 0) is 6.42 Å². The van der Waals surface area contributed by atoms with E-state index in [2.05, 4.69) is 20.6 Å². The Hall–Kier alpha value is -2.30. The third-order valence-corrected chi connectivity index (χ3v) is 2.55. The molecular formula is C13H16N4O. The number of aromatic hydroxyl groups is 1. The van der Waals surface area contributed by atoms with Gasteiger partial charge < -0.3 is 15.7 Å². The normalized spacial score (nSPS) is 10.1. The first kappa shape index (κ1) is 12.2. The Bertz CT molecular complexity index is 499. The van der Waals surface area contributed by atoms with Gasteiger partial charge >= 0.3 is 0 Å². The maximum Gasteiger partial charge on any atom is 0.146 e. The molecule has 0 bridgehead atoms. The van der Waals surface area contributed by atoms with E-state index in [1.807, 2.05) is 19.2 Å². The molecule has 0 fully saturated rings. The summed E-state index contributed by atoms with van der Waals surface area (Å²) in [4.78, 5) is 8.38. The molecule has 0 atom stereocenters. The van der Waals surface area contributed by atoms with Crippen LogP contribution in [0.4, 0.5) is 11.6 Å². The summed E-state index contributed by atoms with van der Waals surface area (Å²) in [7, 11) is 1.81. The Labute approximate surface area is 106 Å². The van der Waals surface area contributed by atoms with Gasteiger partial charge in [0.05, 0.1) is 12.4 Å². The lowest BCUT2D eigenvalue weighted by atomic mass is 10.1. The van der Waals surface area contributed by atoms with Gasteiger partial charge in [-0.3, -0.25) is 4.98 Å². The number of nitrogens with one attached hydrogen (secondary N) is 2. The molecule has 0 aliphatic carbocycles. The summed E-state index contributed by atoms with van der Waals surface area (Å²) in [5.41, 5.74) is 1.16. The zero-order valence-electron chi connectivity index (χ0n) is 10.2. The quantitative estimate of drug-likeness (QED) is 0.749. The van der Waals surface area contributed by atoms with E-state index in [0.29, 0.717) is 5.75 Å². The van der Waals surface area contributed by atoms with Crippen LogP contribution >= 0.6 is 0 Å². The van der Waals surface area contributed by atoms with Crippen LogP contribution in [0, 0.1) is 0 Å². The third-order valence-electron chi connectivity index (χ3n) is 2.55. The topological polar surface area (TPSA) is 70.1 Å². The van der Waals surface area contributed by atoms with Gasteiger partial charge in [-0.15, -0.1) is 0 Å². The smallest absolute Gasteiger partial charge is 0.146 e.